The van der Waals surface area contributed by atoms with E-state index < -0.39 is 21.8 Å². The molecule has 1 N–H and O–H groups in total. The van der Waals surface area contributed by atoms with Gasteiger partial charge in [0.15, 0.2) is 0 Å². The summed E-state index contributed by atoms with van der Waals surface area (Å²) in [5.74, 6) is 0. The Morgan fingerprint density at radius 3 is 2.43 bits per heavy atom. The number of hydrogen-bond acceptors (Lipinski definition) is 3. The van der Waals surface area contributed by atoms with Crippen LogP contribution in [0.3, 0.4) is 0 Å². The fourth-order valence-corrected chi connectivity index (χ4v) is 3.23. The van der Waals surface area contributed by atoms with E-state index in [1.807, 2.05) is 4.90 Å². The molecular weight excluding hydrogens is 305 g/mol. The molecule has 1 heterocycles. The van der Waals surface area contributed by atoms with Crippen molar-refractivity contribution in [3.05, 3.63) is 35.4 Å². The Bertz CT molecular complexity index is 584. The van der Waals surface area contributed by atoms with Crippen LogP contribution in [0.25, 0.3) is 0 Å². The monoisotopic (exact) mass is 322 g/mol. The van der Waals surface area contributed by atoms with Crippen molar-refractivity contribution in [2.24, 2.45) is 0 Å². The topological polar surface area (TPSA) is 49.4 Å². The summed E-state index contributed by atoms with van der Waals surface area (Å²) in [7, 11) is -3.23. The summed E-state index contributed by atoms with van der Waals surface area (Å²) in [4.78, 5) is 2.02. The first-order chi connectivity index (χ1) is 9.63. The van der Waals surface area contributed by atoms with Crippen molar-refractivity contribution in [1.82, 2.24) is 9.62 Å². The zero-order valence-corrected chi connectivity index (χ0v) is 12.3. The molecule has 118 valence electrons. The summed E-state index contributed by atoms with van der Waals surface area (Å²) >= 11 is 0. The third-order valence-corrected chi connectivity index (χ3v) is 4.10. The number of halogens is 3. The number of hydrogen-bond donors (Lipinski definition) is 1. The molecule has 0 bridgehead atoms. The summed E-state index contributed by atoms with van der Waals surface area (Å²) in [6.45, 7) is 1.79. The highest BCUT2D eigenvalue weighted by Gasteiger charge is 2.30. The quantitative estimate of drug-likeness (QED) is 0.920. The maximum absolute atomic E-state index is 12.5. The van der Waals surface area contributed by atoms with Gasteiger partial charge >= 0.3 is 6.18 Å². The fraction of sp³-hybridized carbons (Fsp3) is 0.538. The van der Waals surface area contributed by atoms with Crippen molar-refractivity contribution < 1.29 is 21.6 Å². The van der Waals surface area contributed by atoms with E-state index in [0.29, 0.717) is 26.1 Å². The second kappa shape index (κ2) is 5.94. The van der Waals surface area contributed by atoms with Gasteiger partial charge in [-0.25, -0.2) is 13.1 Å². The molecule has 1 saturated heterocycles. The Balaban J connectivity index is 1.91. The zero-order valence-electron chi connectivity index (χ0n) is 11.5. The predicted octanol–water partition coefficient (Wildman–Crippen LogP) is 1.83. The van der Waals surface area contributed by atoms with Crippen molar-refractivity contribution >= 4 is 10.0 Å². The molecule has 4 nitrogen and oxygen atoms in total. The largest absolute Gasteiger partial charge is 0.416 e. The number of sulfonamides is 1. The Labute approximate surface area is 122 Å². The highest BCUT2D eigenvalue weighted by atomic mass is 32.2. The number of benzene rings is 1. The van der Waals surface area contributed by atoms with Crippen LogP contribution in [0.1, 0.15) is 17.5 Å². The van der Waals surface area contributed by atoms with E-state index >= 15 is 0 Å². The van der Waals surface area contributed by atoms with E-state index in [0.717, 1.165) is 24.0 Å². The first-order valence-corrected chi connectivity index (χ1v) is 8.38. The van der Waals surface area contributed by atoms with E-state index in [1.165, 1.54) is 12.1 Å². The van der Waals surface area contributed by atoms with Gasteiger partial charge in [-0.3, -0.25) is 4.90 Å². The standard InChI is InChI=1S/C13H17F3N2O2S/c1-21(19,20)17-12-6-7-18(9-12)8-10-2-4-11(5-3-10)13(14,15)16/h2-5,12,17H,6-9H2,1H3/t12-/m0/s1. The van der Waals surface area contributed by atoms with Crippen LogP contribution in [0, 0.1) is 0 Å². The number of nitrogens with one attached hydrogen (secondary N) is 1. The van der Waals surface area contributed by atoms with Crippen LogP contribution in [0.4, 0.5) is 13.2 Å². The van der Waals surface area contributed by atoms with Gasteiger partial charge in [0, 0.05) is 25.7 Å². The molecule has 1 aliphatic rings. The smallest absolute Gasteiger partial charge is 0.297 e. The summed E-state index contributed by atoms with van der Waals surface area (Å²) in [6, 6.07) is 4.92. The Morgan fingerprint density at radius 1 is 1.29 bits per heavy atom. The molecule has 1 aromatic rings. The van der Waals surface area contributed by atoms with Gasteiger partial charge in [-0.1, -0.05) is 12.1 Å². The maximum Gasteiger partial charge on any atom is 0.416 e. The minimum Gasteiger partial charge on any atom is -0.297 e. The lowest BCUT2D eigenvalue weighted by Gasteiger charge is -2.16. The normalized spacial score (nSPS) is 20.9. The van der Waals surface area contributed by atoms with Crippen molar-refractivity contribution in [3.63, 3.8) is 0 Å². The molecule has 0 radical (unpaired) electrons. The Hall–Kier alpha value is -1.12. The van der Waals surface area contributed by atoms with Crippen molar-refractivity contribution in [2.45, 2.75) is 25.2 Å². The fourth-order valence-electron chi connectivity index (χ4n) is 2.43. The van der Waals surface area contributed by atoms with Crippen LogP contribution in [-0.4, -0.2) is 38.7 Å². The average Bonchev–Trinajstić information content (AvgIpc) is 2.73. The maximum atomic E-state index is 12.5. The average molecular weight is 322 g/mol. The molecule has 0 saturated carbocycles. The van der Waals surface area contributed by atoms with Crippen molar-refractivity contribution in [2.75, 3.05) is 19.3 Å². The second-order valence-corrected chi connectivity index (χ2v) is 7.09. The third-order valence-electron chi connectivity index (χ3n) is 3.34. The lowest BCUT2D eigenvalue weighted by molar-refractivity contribution is -0.137. The zero-order chi connectivity index (χ0) is 15.7. The minimum atomic E-state index is -4.32. The number of likely N-dealkylation sites (tertiary alicyclic amines) is 1. The molecule has 1 aromatic carbocycles. The molecule has 0 amide bonds. The van der Waals surface area contributed by atoms with Crippen LogP contribution < -0.4 is 4.72 Å². The highest BCUT2D eigenvalue weighted by Crippen LogP contribution is 2.29. The molecule has 0 aromatic heterocycles. The predicted molar refractivity (Wildman–Crippen MR) is 73.1 cm³/mol. The lowest BCUT2D eigenvalue weighted by atomic mass is 10.1. The molecule has 1 fully saturated rings. The number of nitrogens with zero attached hydrogens (tertiary/aromatic N) is 1. The third kappa shape index (κ3) is 4.98. The summed E-state index contributed by atoms with van der Waals surface area (Å²) in [5, 5.41) is 0. The van der Waals surface area contributed by atoms with E-state index in [2.05, 4.69) is 4.72 Å². The van der Waals surface area contributed by atoms with Crippen LogP contribution >= 0.6 is 0 Å². The van der Waals surface area contributed by atoms with Gasteiger partial charge in [0.1, 0.15) is 0 Å². The van der Waals surface area contributed by atoms with Crippen LogP contribution in [0.15, 0.2) is 24.3 Å². The van der Waals surface area contributed by atoms with Crippen LogP contribution in [0.2, 0.25) is 0 Å². The van der Waals surface area contributed by atoms with Gasteiger partial charge in [0.2, 0.25) is 10.0 Å². The van der Waals surface area contributed by atoms with Gasteiger partial charge in [0.25, 0.3) is 0 Å². The highest BCUT2D eigenvalue weighted by molar-refractivity contribution is 7.88. The van der Waals surface area contributed by atoms with Gasteiger partial charge in [0.05, 0.1) is 11.8 Å². The van der Waals surface area contributed by atoms with Gasteiger partial charge in [-0.2, -0.15) is 13.2 Å². The molecule has 8 heteroatoms. The van der Waals surface area contributed by atoms with Crippen molar-refractivity contribution in [3.8, 4) is 0 Å². The SMILES string of the molecule is CS(=O)(=O)N[C@H]1CCN(Cc2ccc(C(F)(F)F)cc2)C1. The molecule has 1 atom stereocenters. The van der Waals surface area contributed by atoms with Crippen LogP contribution in [-0.2, 0) is 22.7 Å². The summed E-state index contributed by atoms with van der Waals surface area (Å²) in [5.41, 5.74) is 0.118. The van der Waals surface area contributed by atoms with Gasteiger partial charge < -0.3 is 0 Å². The van der Waals surface area contributed by atoms with E-state index in [9.17, 15) is 21.6 Å². The Kier molecular flexibility index (Phi) is 4.60. The second-order valence-electron chi connectivity index (χ2n) is 5.31. The van der Waals surface area contributed by atoms with E-state index in [-0.39, 0.29) is 6.04 Å². The molecular formula is C13H17F3N2O2S. The first-order valence-electron chi connectivity index (χ1n) is 6.49. The Morgan fingerprint density at radius 2 is 1.90 bits per heavy atom. The van der Waals surface area contributed by atoms with E-state index in [4.69, 9.17) is 0 Å². The minimum absolute atomic E-state index is 0.130. The van der Waals surface area contributed by atoms with Crippen LogP contribution in [0.5, 0.6) is 0 Å². The summed E-state index contributed by atoms with van der Waals surface area (Å²) < 4.78 is 62.2. The van der Waals surface area contributed by atoms with Crippen molar-refractivity contribution in [1.29, 1.82) is 0 Å². The molecule has 21 heavy (non-hydrogen) atoms. The molecule has 1 aliphatic heterocycles. The lowest BCUT2D eigenvalue weighted by Crippen LogP contribution is -2.36. The molecule has 0 spiro atoms. The van der Waals surface area contributed by atoms with E-state index in [1.54, 1.807) is 0 Å². The molecule has 0 aliphatic carbocycles. The molecule has 0 unspecified atom stereocenters. The van der Waals surface area contributed by atoms with Gasteiger partial charge in [-0.05, 0) is 24.1 Å². The van der Waals surface area contributed by atoms with Gasteiger partial charge in [-0.15, -0.1) is 0 Å². The summed E-state index contributed by atoms with van der Waals surface area (Å²) in [6.07, 6.45) is -2.50. The number of rotatable bonds is 4. The number of alkyl halides is 3. The molecule has 2 rings (SSSR count). The first kappa shape index (κ1) is 16.3.